The maximum absolute atomic E-state index is 10.2. The van der Waals surface area contributed by atoms with E-state index in [4.69, 9.17) is 4.74 Å². The Bertz CT molecular complexity index is 859. The Balaban J connectivity index is 1.79. The molecule has 1 fully saturated rings. The number of rotatable bonds is 5. The number of aliphatic hydroxyl groups is 4. The summed E-state index contributed by atoms with van der Waals surface area (Å²) in [5.41, 5.74) is 1.19. The largest absolute Gasteiger partial charge is 0.508 e. The second-order valence-corrected chi connectivity index (χ2v) is 7.15. The maximum Gasteiger partial charge on any atom is 0.162 e. The van der Waals surface area contributed by atoms with Crippen molar-refractivity contribution in [3.63, 3.8) is 0 Å². The third-order valence-electron chi connectivity index (χ3n) is 4.99. The van der Waals surface area contributed by atoms with Crippen LogP contribution in [0.4, 0.5) is 0 Å². The Morgan fingerprint density at radius 3 is 2.14 bits per heavy atom. The molecular weight excluding hydrogens is 380 g/mol. The summed E-state index contributed by atoms with van der Waals surface area (Å²) in [6, 6.07) is 8.69. The van der Waals surface area contributed by atoms with Gasteiger partial charge in [0, 0.05) is 18.6 Å². The number of benzene rings is 2. The van der Waals surface area contributed by atoms with Gasteiger partial charge in [0.2, 0.25) is 0 Å². The summed E-state index contributed by atoms with van der Waals surface area (Å²) >= 11 is 0. The third kappa shape index (κ3) is 4.80. The van der Waals surface area contributed by atoms with Crippen molar-refractivity contribution < 1.29 is 40.5 Å². The van der Waals surface area contributed by atoms with E-state index < -0.39 is 30.3 Å². The van der Waals surface area contributed by atoms with E-state index >= 15 is 0 Å². The normalized spacial score (nSPS) is 27.2. The summed E-state index contributed by atoms with van der Waals surface area (Å²) in [4.78, 5) is 0. The van der Waals surface area contributed by atoms with Gasteiger partial charge in [-0.15, -0.1) is 0 Å². The van der Waals surface area contributed by atoms with Gasteiger partial charge in [0.05, 0.1) is 6.10 Å². The van der Waals surface area contributed by atoms with Crippen LogP contribution in [-0.4, -0.2) is 66.8 Å². The number of phenolic OH excluding ortho intramolecular Hbond substituents is 3. The van der Waals surface area contributed by atoms with E-state index in [1.807, 2.05) is 0 Å². The first-order valence-electron chi connectivity index (χ1n) is 9.14. The molecule has 0 spiro atoms. The summed E-state index contributed by atoms with van der Waals surface area (Å²) in [6.07, 6.45) is -1.65. The van der Waals surface area contributed by atoms with E-state index in [1.165, 1.54) is 30.3 Å². The van der Waals surface area contributed by atoms with Crippen LogP contribution in [0, 0.1) is 5.92 Å². The molecule has 0 aromatic heterocycles. The summed E-state index contributed by atoms with van der Waals surface area (Å²) in [6.45, 7) is -0.379. The predicted octanol–water partition coefficient (Wildman–Crippen LogP) is 0.816. The van der Waals surface area contributed by atoms with E-state index in [1.54, 1.807) is 18.2 Å². The average Bonchev–Trinajstić information content (AvgIpc) is 2.68. The summed E-state index contributed by atoms with van der Waals surface area (Å²) in [5, 5.41) is 68.6. The van der Waals surface area contributed by atoms with Crippen molar-refractivity contribution in [2.45, 2.75) is 30.8 Å². The Hall–Kier alpha value is -2.78. The van der Waals surface area contributed by atoms with Crippen LogP contribution in [0.5, 0.6) is 23.0 Å². The molecule has 2 aromatic rings. The minimum absolute atomic E-state index is 0.0650. The van der Waals surface area contributed by atoms with Crippen LogP contribution in [-0.2, 0) is 0 Å². The number of hydrogen-bond donors (Lipinski definition) is 7. The number of ether oxygens (including phenoxy) is 1. The van der Waals surface area contributed by atoms with Crippen LogP contribution < -0.4 is 4.74 Å². The van der Waals surface area contributed by atoms with Crippen LogP contribution >= 0.6 is 0 Å². The lowest BCUT2D eigenvalue weighted by molar-refractivity contribution is -0.157. The Morgan fingerprint density at radius 1 is 0.828 bits per heavy atom. The summed E-state index contributed by atoms with van der Waals surface area (Å²) in [7, 11) is 0. The van der Waals surface area contributed by atoms with Crippen LogP contribution in [0.2, 0.25) is 0 Å². The first-order valence-corrected chi connectivity index (χ1v) is 9.14. The molecule has 0 radical (unpaired) electrons. The van der Waals surface area contributed by atoms with E-state index in [2.05, 4.69) is 0 Å². The Kier molecular flexibility index (Phi) is 6.29. The SMILES string of the molecule is OC[C@H]1C[C@H](Oc2cc(/C=C/c3cc(O)cc(O)c3)ccc2O)[C@H](O)[C@@H](O)[C@@H]1O. The summed E-state index contributed by atoms with van der Waals surface area (Å²) in [5.74, 6) is -0.933. The predicted molar refractivity (Wildman–Crippen MR) is 104 cm³/mol. The van der Waals surface area contributed by atoms with E-state index in [9.17, 15) is 35.7 Å². The van der Waals surface area contributed by atoms with Crippen molar-refractivity contribution in [3.8, 4) is 23.0 Å². The molecular formula is C21H24O8. The third-order valence-corrected chi connectivity index (χ3v) is 4.99. The lowest BCUT2D eigenvalue weighted by atomic mass is 9.81. The fourth-order valence-electron chi connectivity index (χ4n) is 3.38. The molecule has 0 amide bonds. The van der Waals surface area contributed by atoms with Crippen LogP contribution in [0.15, 0.2) is 36.4 Å². The van der Waals surface area contributed by atoms with Crippen LogP contribution in [0.25, 0.3) is 12.2 Å². The minimum Gasteiger partial charge on any atom is -0.508 e. The number of aliphatic hydroxyl groups excluding tert-OH is 4. The van der Waals surface area contributed by atoms with Gasteiger partial charge in [-0.05, 0) is 41.8 Å². The highest BCUT2D eigenvalue weighted by atomic mass is 16.5. The van der Waals surface area contributed by atoms with Gasteiger partial charge in [0.1, 0.15) is 29.8 Å². The quantitative estimate of drug-likeness (QED) is 0.362. The monoisotopic (exact) mass is 404 g/mol. The van der Waals surface area contributed by atoms with Gasteiger partial charge in [-0.2, -0.15) is 0 Å². The highest BCUT2D eigenvalue weighted by Gasteiger charge is 2.43. The second kappa shape index (κ2) is 8.71. The molecule has 0 bridgehead atoms. The van der Waals surface area contributed by atoms with Gasteiger partial charge in [-0.1, -0.05) is 18.2 Å². The fourth-order valence-corrected chi connectivity index (χ4v) is 3.38. The number of hydrogen-bond acceptors (Lipinski definition) is 8. The van der Waals surface area contributed by atoms with Gasteiger partial charge < -0.3 is 40.5 Å². The molecule has 156 valence electrons. The lowest BCUT2D eigenvalue weighted by Crippen LogP contribution is -2.56. The Labute approximate surface area is 167 Å². The van der Waals surface area contributed by atoms with Crippen LogP contribution in [0.1, 0.15) is 17.5 Å². The molecule has 0 aliphatic heterocycles. The van der Waals surface area contributed by atoms with Gasteiger partial charge in [0.25, 0.3) is 0 Å². The maximum atomic E-state index is 10.2. The van der Waals surface area contributed by atoms with Gasteiger partial charge in [-0.3, -0.25) is 0 Å². The minimum atomic E-state index is -1.48. The second-order valence-electron chi connectivity index (χ2n) is 7.15. The smallest absolute Gasteiger partial charge is 0.162 e. The van der Waals surface area contributed by atoms with Gasteiger partial charge >= 0.3 is 0 Å². The van der Waals surface area contributed by atoms with E-state index in [0.717, 1.165) is 0 Å². The van der Waals surface area contributed by atoms with Crippen molar-refractivity contribution >= 4 is 12.2 Å². The van der Waals surface area contributed by atoms with Crippen molar-refractivity contribution in [3.05, 3.63) is 47.5 Å². The van der Waals surface area contributed by atoms with Crippen molar-refractivity contribution in [1.82, 2.24) is 0 Å². The van der Waals surface area contributed by atoms with Gasteiger partial charge in [-0.25, -0.2) is 0 Å². The van der Waals surface area contributed by atoms with E-state index in [0.29, 0.717) is 11.1 Å². The first kappa shape index (κ1) is 20.9. The zero-order valence-corrected chi connectivity index (χ0v) is 15.5. The molecule has 7 N–H and O–H groups in total. The fraction of sp³-hybridized carbons (Fsp3) is 0.333. The lowest BCUT2D eigenvalue weighted by Gasteiger charge is -2.39. The zero-order chi connectivity index (χ0) is 21.1. The molecule has 1 aliphatic carbocycles. The molecule has 8 nitrogen and oxygen atoms in total. The van der Waals surface area contributed by atoms with Crippen molar-refractivity contribution in [2.75, 3.05) is 6.61 Å². The van der Waals surface area contributed by atoms with Crippen LogP contribution in [0.3, 0.4) is 0 Å². The standard InChI is InChI=1S/C21H24O8/c22-10-13-8-18(20(27)21(28)19(13)26)29-17-7-11(3-4-16(17)25)1-2-12-5-14(23)9-15(24)6-12/h1-7,9,13,18-28H,8,10H2/b2-1+/t13-,18+,19-,20+,21+/m1/s1. The highest BCUT2D eigenvalue weighted by Crippen LogP contribution is 2.34. The molecule has 29 heavy (non-hydrogen) atoms. The molecule has 0 unspecified atom stereocenters. The summed E-state index contributed by atoms with van der Waals surface area (Å²) < 4.78 is 5.68. The topological polar surface area (TPSA) is 151 Å². The average molecular weight is 404 g/mol. The number of aromatic hydroxyl groups is 3. The van der Waals surface area contributed by atoms with Gasteiger partial charge in [0.15, 0.2) is 11.5 Å². The molecule has 0 saturated heterocycles. The first-order chi connectivity index (χ1) is 13.8. The number of phenols is 3. The highest BCUT2D eigenvalue weighted by molar-refractivity contribution is 5.72. The molecule has 8 heteroatoms. The Morgan fingerprint density at radius 2 is 1.48 bits per heavy atom. The van der Waals surface area contributed by atoms with Crippen molar-refractivity contribution in [1.29, 1.82) is 0 Å². The van der Waals surface area contributed by atoms with E-state index in [-0.39, 0.29) is 36.0 Å². The molecule has 5 atom stereocenters. The zero-order valence-electron chi connectivity index (χ0n) is 15.5. The molecule has 3 rings (SSSR count). The molecule has 1 aliphatic rings. The molecule has 1 saturated carbocycles. The molecule has 2 aromatic carbocycles. The van der Waals surface area contributed by atoms with Crippen molar-refractivity contribution in [2.24, 2.45) is 5.92 Å². The molecule has 0 heterocycles.